The van der Waals surface area contributed by atoms with Gasteiger partial charge in [-0.15, -0.1) is 0 Å². The van der Waals surface area contributed by atoms with Crippen LogP contribution in [0.4, 0.5) is 0 Å². The number of Topliss-reactive ketones (excluding diaryl/α,β-unsaturated/α-hetero) is 1. The quantitative estimate of drug-likeness (QED) is 0.567. The number of ether oxygens (including phenoxy) is 2. The SMILES string of the molecule is CCCCN(C)Cc1c(O)cc(C)c2c1O/C(=C\c1cc(Br)ccc1OC)C2=O. The highest BCUT2D eigenvalue weighted by atomic mass is 79.9. The van der Waals surface area contributed by atoms with E-state index in [0.717, 1.165) is 29.4 Å². The molecule has 0 spiro atoms. The first-order valence-corrected chi connectivity index (χ1v) is 10.5. The van der Waals surface area contributed by atoms with Gasteiger partial charge < -0.3 is 19.5 Å². The van der Waals surface area contributed by atoms with Crippen LogP contribution >= 0.6 is 15.9 Å². The molecule has 0 amide bonds. The van der Waals surface area contributed by atoms with Crippen molar-refractivity contribution in [3.05, 3.63) is 56.8 Å². The number of fused-ring (bicyclic) bond motifs is 1. The van der Waals surface area contributed by atoms with Crippen LogP contribution < -0.4 is 9.47 Å². The number of benzene rings is 2. The summed E-state index contributed by atoms with van der Waals surface area (Å²) in [4.78, 5) is 15.2. The van der Waals surface area contributed by atoms with Crippen molar-refractivity contribution in [1.82, 2.24) is 4.90 Å². The molecular formula is C23H26BrNO4. The molecule has 0 aliphatic carbocycles. The monoisotopic (exact) mass is 459 g/mol. The molecule has 0 bridgehead atoms. The van der Waals surface area contributed by atoms with Crippen LogP contribution in [0.1, 0.15) is 46.8 Å². The Morgan fingerprint density at radius 1 is 1.31 bits per heavy atom. The maximum atomic E-state index is 13.1. The van der Waals surface area contributed by atoms with Crippen LogP contribution in [0.5, 0.6) is 17.2 Å². The number of halogens is 1. The molecule has 1 heterocycles. The van der Waals surface area contributed by atoms with E-state index in [9.17, 15) is 9.90 Å². The molecule has 29 heavy (non-hydrogen) atoms. The molecular weight excluding hydrogens is 434 g/mol. The number of phenols is 1. The number of unbranched alkanes of at least 4 members (excludes halogenated alkanes) is 1. The smallest absolute Gasteiger partial charge is 0.232 e. The molecule has 0 atom stereocenters. The lowest BCUT2D eigenvalue weighted by Crippen LogP contribution is -2.19. The van der Waals surface area contributed by atoms with Crippen LogP contribution in [0.15, 0.2) is 34.5 Å². The molecule has 1 aliphatic heterocycles. The number of methoxy groups -OCH3 is 1. The zero-order chi connectivity index (χ0) is 21.1. The molecule has 5 nitrogen and oxygen atoms in total. The lowest BCUT2D eigenvalue weighted by molar-refractivity contribution is 0.101. The molecule has 154 valence electrons. The fourth-order valence-electron chi connectivity index (χ4n) is 3.47. The van der Waals surface area contributed by atoms with Crippen molar-refractivity contribution in [3.8, 4) is 17.2 Å². The maximum Gasteiger partial charge on any atom is 0.232 e. The Morgan fingerprint density at radius 2 is 2.07 bits per heavy atom. The number of phenolic OH excluding ortho intramolecular Hbond substituents is 1. The number of aryl methyl sites for hydroxylation is 1. The van der Waals surface area contributed by atoms with Crippen molar-refractivity contribution in [2.75, 3.05) is 20.7 Å². The second-order valence-corrected chi connectivity index (χ2v) is 8.23. The molecule has 0 unspecified atom stereocenters. The van der Waals surface area contributed by atoms with Crippen molar-refractivity contribution in [2.24, 2.45) is 0 Å². The number of rotatable bonds is 7. The topological polar surface area (TPSA) is 59.0 Å². The first kappa shape index (κ1) is 21.4. The van der Waals surface area contributed by atoms with E-state index < -0.39 is 0 Å². The second kappa shape index (κ2) is 9.01. The largest absolute Gasteiger partial charge is 0.507 e. The highest BCUT2D eigenvalue weighted by Crippen LogP contribution is 2.42. The summed E-state index contributed by atoms with van der Waals surface area (Å²) < 4.78 is 12.3. The van der Waals surface area contributed by atoms with Gasteiger partial charge in [-0.05, 0) is 62.8 Å². The minimum Gasteiger partial charge on any atom is -0.507 e. The van der Waals surface area contributed by atoms with Gasteiger partial charge in [0.2, 0.25) is 5.78 Å². The molecule has 0 aromatic heterocycles. The first-order valence-electron chi connectivity index (χ1n) is 9.67. The summed E-state index contributed by atoms with van der Waals surface area (Å²) in [5.74, 6) is 1.29. The van der Waals surface area contributed by atoms with Crippen LogP contribution in [0, 0.1) is 6.92 Å². The van der Waals surface area contributed by atoms with E-state index >= 15 is 0 Å². The van der Waals surface area contributed by atoms with E-state index in [0.29, 0.717) is 34.7 Å². The zero-order valence-electron chi connectivity index (χ0n) is 17.2. The zero-order valence-corrected chi connectivity index (χ0v) is 18.8. The molecule has 3 rings (SSSR count). The highest BCUT2D eigenvalue weighted by Gasteiger charge is 2.33. The number of ketones is 1. The lowest BCUT2D eigenvalue weighted by Gasteiger charge is -2.19. The minimum absolute atomic E-state index is 0.152. The summed E-state index contributed by atoms with van der Waals surface area (Å²) >= 11 is 3.45. The molecule has 6 heteroatoms. The van der Waals surface area contributed by atoms with Crippen LogP contribution in [0.25, 0.3) is 6.08 Å². The molecule has 2 aromatic carbocycles. The van der Waals surface area contributed by atoms with E-state index in [1.165, 1.54) is 0 Å². The average molecular weight is 460 g/mol. The summed E-state index contributed by atoms with van der Waals surface area (Å²) in [6, 6.07) is 7.22. The molecule has 0 radical (unpaired) electrons. The van der Waals surface area contributed by atoms with Gasteiger partial charge >= 0.3 is 0 Å². The van der Waals surface area contributed by atoms with Gasteiger partial charge in [-0.3, -0.25) is 4.79 Å². The van der Waals surface area contributed by atoms with Crippen LogP contribution in [0.2, 0.25) is 0 Å². The van der Waals surface area contributed by atoms with Crippen molar-refractivity contribution >= 4 is 27.8 Å². The number of carbonyl (C=O) groups is 1. The van der Waals surface area contributed by atoms with E-state index in [-0.39, 0.29) is 17.3 Å². The summed E-state index contributed by atoms with van der Waals surface area (Å²) in [5.41, 5.74) is 2.60. The fraction of sp³-hybridized carbons (Fsp3) is 0.348. The molecule has 1 N–H and O–H groups in total. The average Bonchev–Trinajstić information content (AvgIpc) is 3.00. The highest BCUT2D eigenvalue weighted by molar-refractivity contribution is 9.10. The van der Waals surface area contributed by atoms with Crippen molar-refractivity contribution in [1.29, 1.82) is 0 Å². The Morgan fingerprint density at radius 3 is 2.76 bits per heavy atom. The summed E-state index contributed by atoms with van der Waals surface area (Å²) in [6.07, 6.45) is 3.85. The van der Waals surface area contributed by atoms with Crippen molar-refractivity contribution in [2.45, 2.75) is 33.2 Å². The third kappa shape index (κ3) is 4.49. The Kier molecular flexibility index (Phi) is 6.65. The predicted molar refractivity (Wildman–Crippen MR) is 118 cm³/mol. The fourth-order valence-corrected chi connectivity index (χ4v) is 3.85. The Balaban J connectivity index is 2.01. The van der Waals surface area contributed by atoms with Gasteiger partial charge in [0, 0.05) is 16.6 Å². The Bertz CT molecular complexity index is 968. The number of aromatic hydroxyl groups is 1. The van der Waals surface area contributed by atoms with Crippen LogP contribution in [-0.2, 0) is 6.54 Å². The van der Waals surface area contributed by atoms with Gasteiger partial charge in [0.15, 0.2) is 5.76 Å². The predicted octanol–water partition coefficient (Wildman–Crippen LogP) is 5.32. The van der Waals surface area contributed by atoms with E-state index in [2.05, 4.69) is 27.8 Å². The molecule has 0 fully saturated rings. The van der Waals surface area contributed by atoms with Gasteiger partial charge in [-0.25, -0.2) is 0 Å². The van der Waals surface area contributed by atoms with Gasteiger partial charge in [0.1, 0.15) is 17.2 Å². The lowest BCUT2D eigenvalue weighted by atomic mass is 9.99. The summed E-state index contributed by atoms with van der Waals surface area (Å²) in [6.45, 7) is 5.37. The number of hydrogen-bond donors (Lipinski definition) is 1. The van der Waals surface area contributed by atoms with E-state index in [4.69, 9.17) is 9.47 Å². The van der Waals surface area contributed by atoms with Gasteiger partial charge in [0.05, 0.1) is 18.2 Å². The van der Waals surface area contributed by atoms with Gasteiger partial charge in [-0.1, -0.05) is 29.3 Å². The second-order valence-electron chi connectivity index (χ2n) is 7.31. The molecule has 1 aliphatic rings. The van der Waals surface area contributed by atoms with Gasteiger partial charge in [-0.2, -0.15) is 0 Å². The standard InChI is InChI=1S/C23H26BrNO4/c1-5-6-9-25(3)13-17-18(26)10-14(2)21-22(27)20(29-23(17)21)12-15-11-16(24)7-8-19(15)28-4/h7-8,10-12,26H,5-6,9,13H2,1-4H3/b20-12-. The normalized spacial score (nSPS) is 14.4. The number of carbonyl (C=O) groups excluding carboxylic acids is 1. The van der Waals surface area contributed by atoms with Crippen LogP contribution in [0.3, 0.4) is 0 Å². The van der Waals surface area contributed by atoms with Crippen molar-refractivity contribution < 1.29 is 19.4 Å². The third-order valence-corrected chi connectivity index (χ3v) is 5.51. The molecule has 0 saturated heterocycles. The number of hydrogen-bond acceptors (Lipinski definition) is 5. The van der Waals surface area contributed by atoms with Crippen molar-refractivity contribution in [3.63, 3.8) is 0 Å². The number of nitrogens with zero attached hydrogens (tertiary/aromatic N) is 1. The maximum absolute atomic E-state index is 13.1. The van der Waals surface area contributed by atoms with E-state index in [1.54, 1.807) is 19.3 Å². The first-order chi connectivity index (χ1) is 13.8. The minimum atomic E-state index is -0.183. The molecule has 2 aromatic rings. The van der Waals surface area contributed by atoms with Gasteiger partial charge in [0.25, 0.3) is 0 Å². The summed E-state index contributed by atoms with van der Waals surface area (Å²) in [5, 5.41) is 10.5. The third-order valence-electron chi connectivity index (χ3n) is 5.02. The number of allylic oxidation sites excluding steroid dienone is 1. The van der Waals surface area contributed by atoms with E-state index in [1.807, 2.05) is 32.2 Å². The Labute approximate surface area is 180 Å². The molecule has 0 saturated carbocycles. The Hall–Kier alpha value is -2.31. The van der Waals surface area contributed by atoms with Crippen LogP contribution in [-0.4, -0.2) is 36.5 Å². The summed E-state index contributed by atoms with van der Waals surface area (Å²) in [7, 11) is 3.59.